The van der Waals surface area contributed by atoms with Gasteiger partial charge >= 0.3 is 0 Å². The van der Waals surface area contributed by atoms with Gasteiger partial charge in [0.15, 0.2) is 0 Å². The molecule has 4 aromatic rings. The van der Waals surface area contributed by atoms with Gasteiger partial charge in [-0.05, 0) is 40.7 Å². The second kappa shape index (κ2) is 8.08. The lowest BCUT2D eigenvalue weighted by atomic mass is 9.93. The van der Waals surface area contributed by atoms with Gasteiger partial charge < -0.3 is 4.57 Å². The second-order valence-electron chi connectivity index (χ2n) is 7.98. The van der Waals surface area contributed by atoms with Crippen LogP contribution in [0.2, 0.25) is 0 Å². The van der Waals surface area contributed by atoms with Gasteiger partial charge in [-0.3, -0.25) is 4.79 Å². The first-order valence-corrected chi connectivity index (χ1v) is 10.6. The molecule has 1 aliphatic carbocycles. The van der Waals surface area contributed by atoms with Gasteiger partial charge in [0.2, 0.25) is 0 Å². The number of rotatable bonds is 5. The van der Waals surface area contributed by atoms with Gasteiger partial charge in [0, 0.05) is 17.7 Å². The molecule has 3 heteroatoms. The zero-order chi connectivity index (χ0) is 21.2. The smallest absolute Gasteiger partial charge is 0.269 e. The van der Waals surface area contributed by atoms with Gasteiger partial charge in [-0.1, -0.05) is 84.9 Å². The highest BCUT2D eigenvalue weighted by atomic mass is 16.1. The summed E-state index contributed by atoms with van der Waals surface area (Å²) in [4.78, 5) is 13.5. The highest BCUT2D eigenvalue weighted by Crippen LogP contribution is 2.39. The van der Waals surface area contributed by atoms with Crippen LogP contribution in [-0.4, -0.2) is 4.57 Å². The third kappa shape index (κ3) is 3.47. The molecule has 0 aliphatic heterocycles. The SMILES string of the molecule is N#Cc1c(CCc2ccccc2)c2c(n(Cc3ccccc3)c1=O)Cc1ccccc1-2. The van der Waals surface area contributed by atoms with E-state index in [0.717, 1.165) is 40.8 Å². The summed E-state index contributed by atoms with van der Waals surface area (Å²) >= 11 is 0. The molecule has 31 heavy (non-hydrogen) atoms. The molecule has 0 atom stereocenters. The molecule has 0 N–H and O–H groups in total. The first-order chi connectivity index (χ1) is 15.3. The lowest BCUT2D eigenvalue weighted by Crippen LogP contribution is -2.28. The van der Waals surface area contributed by atoms with Crippen LogP contribution in [0.15, 0.2) is 89.7 Å². The zero-order valence-corrected chi connectivity index (χ0v) is 17.2. The van der Waals surface area contributed by atoms with Crippen molar-refractivity contribution in [3.63, 3.8) is 0 Å². The van der Waals surface area contributed by atoms with Crippen molar-refractivity contribution in [2.24, 2.45) is 0 Å². The minimum absolute atomic E-state index is 0.180. The minimum atomic E-state index is -0.180. The molecular weight excluding hydrogens is 380 g/mol. The molecule has 1 heterocycles. The van der Waals surface area contributed by atoms with Gasteiger partial charge in [-0.25, -0.2) is 0 Å². The highest BCUT2D eigenvalue weighted by molar-refractivity contribution is 5.80. The summed E-state index contributed by atoms with van der Waals surface area (Å²) in [5, 5.41) is 10.0. The number of hydrogen-bond donors (Lipinski definition) is 0. The van der Waals surface area contributed by atoms with Crippen molar-refractivity contribution >= 4 is 0 Å². The second-order valence-corrected chi connectivity index (χ2v) is 7.98. The number of hydrogen-bond acceptors (Lipinski definition) is 2. The van der Waals surface area contributed by atoms with E-state index in [1.165, 1.54) is 11.1 Å². The molecule has 150 valence electrons. The number of benzene rings is 3. The van der Waals surface area contributed by atoms with Crippen LogP contribution in [0.4, 0.5) is 0 Å². The van der Waals surface area contributed by atoms with Gasteiger partial charge in [-0.15, -0.1) is 0 Å². The number of nitriles is 1. The summed E-state index contributed by atoms with van der Waals surface area (Å²) in [5.41, 5.74) is 7.73. The van der Waals surface area contributed by atoms with Crippen LogP contribution in [0.25, 0.3) is 11.1 Å². The van der Waals surface area contributed by atoms with Crippen LogP contribution in [0.1, 0.15) is 33.5 Å². The number of nitrogens with zero attached hydrogens (tertiary/aromatic N) is 2. The summed E-state index contributed by atoms with van der Waals surface area (Å²) in [6.07, 6.45) is 2.19. The number of pyridine rings is 1. The van der Waals surface area contributed by atoms with Crippen molar-refractivity contribution in [3.8, 4) is 17.2 Å². The summed E-state index contributed by atoms with van der Waals surface area (Å²) in [6, 6.07) is 30.8. The van der Waals surface area contributed by atoms with E-state index < -0.39 is 0 Å². The van der Waals surface area contributed by atoms with Gasteiger partial charge in [-0.2, -0.15) is 5.26 Å². The summed E-state index contributed by atoms with van der Waals surface area (Å²) in [5.74, 6) is 0. The zero-order valence-electron chi connectivity index (χ0n) is 17.2. The van der Waals surface area contributed by atoms with Gasteiger partial charge in [0.25, 0.3) is 5.56 Å². The Hall–Kier alpha value is -3.90. The molecule has 5 rings (SSSR count). The van der Waals surface area contributed by atoms with Gasteiger partial charge in [0.1, 0.15) is 11.6 Å². The molecule has 0 saturated heterocycles. The minimum Gasteiger partial charge on any atom is -0.306 e. The topological polar surface area (TPSA) is 45.8 Å². The Bertz CT molecular complexity index is 1350. The Morgan fingerprint density at radius 3 is 2.16 bits per heavy atom. The molecule has 1 aromatic heterocycles. The summed E-state index contributed by atoms with van der Waals surface area (Å²) in [6.45, 7) is 0.476. The molecule has 3 nitrogen and oxygen atoms in total. The fraction of sp³-hybridized carbons (Fsp3) is 0.143. The van der Waals surface area contributed by atoms with E-state index in [9.17, 15) is 10.1 Å². The van der Waals surface area contributed by atoms with Crippen molar-refractivity contribution in [1.29, 1.82) is 5.26 Å². The molecule has 0 bridgehead atoms. The van der Waals surface area contributed by atoms with Crippen LogP contribution < -0.4 is 5.56 Å². The maximum Gasteiger partial charge on any atom is 0.269 e. The molecular formula is C28H22N2O. The molecule has 0 unspecified atom stereocenters. The third-order valence-electron chi connectivity index (χ3n) is 6.12. The maximum atomic E-state index is 13.5. The van der Waals surface area contributed by atoms with E-state index >= 15 is 0 Å². The van der Waals surface area contributed by atoms with Crippen LogP contribution in [-0.2, 0) is 25.8 Å². The quantitative estimate of drug-likeness (QED) is 0.409. The lowest BCUT2D eigenvalue weighted by molar-refractivity contribution is 0.713. The van der Waals surface area contributed by atoms with Crippen molar-refractivity contribution in [2.45, 2.75) is 25.8 Å². The summed E-state index contributed by atoms with van der Waals surface area (Å²) in [7, 11) is 0. The first kappa shape index (κ1) is 19.1. The van der Waals surface area contributed by atoms with Crippen LogP contribution >= 0.6 is 0 Å². The highest BCUT2D eigenvalue weighted by Gasteiger charge is 2.28. The van der Waals surface area contributed by atoms with Crippen molar-refractivity contribution < 1.29 is 0 Å². The molecule has 0 amide bonds. The van der Waals surface area contributed by atoms with Gasteiger partial charge in [0.05, 0.1) is 6.54 Å². The Labute approximate surface area is 181 Å². The van der Waals surface area contributed by atoms with E-state index in [1.54, 1.807) is 0 Å². The van der Waals surface area contributed by atoms with E-state index in [1.807, 2.05) is 65.2 Å². The number of aryl methyl sites for hydroxylation is 1. The number of fused-ring (bicyclic) bond motifs is 3. The molecule has 0 saturated carbocycles. The fourth-order valence-corrected chi connectivity index (χ4v) is 4.63. The van der Waals surface area contributed by atoms with Crippen molar-refractivity contribution in [2.75, 3.05) is 0 Å². The third-order valence-corrected chi connectivity index (χ3v) is 6.12. The lowest BCUT2D eigenvalue weighted by Gasteiger charge is -2.18. The molecule has 1 aliphatic rings. The van der Waals surface area contributed by atoms with Crippen molar-refractivity contribution in [3.05, 3.63) is 129 Å². The molecule has 0 fully saturated rings. The Morgan fingerprint density at radius 2 is 1.45 bits per heavy atom. The molecule has 0 spiro atoms. The molecule has 0 radical (unpaired) electrons. The predicted octanol–water partition coefficient (Wildman–Crippen LogP) is 5.12. The largest absolute Gasteiger partial charge is 0.306 e. The van der Waals surface area contributed by atoms with E-state index in [2.05, 4.69) is 30.3 Å². The predicted molar refractivity (Wildman–Crippen MR) is 123 cm³/mol. The standard InChI is InChI=1S/C28H22N2O/c29-18-25-24(16-15-20-9-3-1-4-10-20)27-23-14-8-7-13-22(23)17-26(27)30(28(25)31)19-21-11-5-2-6-12-21/h1-14H,15-17,19H2. The molecule has 3 aromatic carbocycles. The monoisotopic (exact) mass is 402 g/mol. The van der Waals surface area contributed by atoms with Crippen LogP contribution in [0, 0.1) is 11.3 Å². The summed E-state index contributed by atoms with van der Waals surface area (Å²) < 4.78 is 1.81. The Balaban J connectivity index is 1.68. The van der Waals surface area contributed by atoms with Crippen LogP contribution in [0.5, 0.6) is 0 Å². The maximum absolute atomic E-state index is 13.5. The van der Waals surface area contributed by atoms with Crippen molar-refractivity contribution in [1.82, 2.24) is 4.57 Å². The van der Waals surface area contributed by atoms with E-state index in [-0.39, 0.29) is 11.1 Å². The average Bonchev–Trinajstić information content (AvgIpc) is 3.20. The Kier molecular flexibility index (Phi) is 4.98. The first-order valence-electron chi connectivity index (χ1n) is 10.6. The van der Waals surface area contributed by atoms with Crippen LogP contribution in [0.3, 0.4) is 0 Å². The number of aromatic nitrogens is 1. The fourth-order valence-electron chi connectivity index (χ4n) is 4.63. The van der Waals surface area contributed by atoms with E-state index in [4.69, 9.17) is 0 Å². The normalized spacial score (nSPS) is 11.6. The average molecular weight is 402 g/mol. The van der Waals surface area contributed by atoms with E-state index in [0.29, 0.717) is 13.0 Å². The Morgan fingerprint density at radius 1 is 0.806 bits per heavy atom.